The van der Waals surface area contributed by atoms with E-state index in [1.807, 2.05) is 0 Å². The van der Waals surface area contributed by atoms with Crippen LogP contribution in [-0.4, -0.2) is 0 Å². The van der Waals surface area contributed by atoms with Gasteiger partial charge in [0.05, 0.1) is 11.4 Å². The van der Waals surface area contributed by atoms with E-state index in [1.165, 1.54) is 88.9 Å². The fraction of sp³-hybridized carbons (Fsp3) is 0.0612. The molecule has 0 bridgehead atoms. The fourth-order valence-corrected chi connectivity index (χ4v) is 8.18. The maximum Gasteiger partial charge on any atom is 0.0540 e. The first kappa shape index (κ1) is 29.9. The third-order valence-electron chi connectivity index (χ3n) is 10.5. The Morgan fingerprint density at radius 3 is 1.78 bits per heavy atom. The van der Waals surface area contributed by atoms with Gasteiger partial charge in [-0.15, -0.1) is 0 Å². The predicted molar refractivity (Wildman–Crippen MR) is 213 cm³/mol. The molecular formula is C49H37N. The Hall–Kier alpha value is -6.18. The Labute approximate surface area is 294 Å². The standard InChI is InChI=1S/C49H37N/c1-33-34(2)49(44-32-38-24-17-29-41(36-18-6-3-7-19-36)47(38)48(44)46(33)37-21-8-4-9-22-37)50(39-25-10-5-11-26-39)45-31-15-14-28-43(45)42-30-16-23-35-20-12-13-27-40(35)42/h3-31H,32H2,1-2H3. The molecule has 8 aromatic carbocycles. The number of hydrogen-bond donors (Lipinski definition) is 0. The van der Waals surface area contributed by atoms with Crippen molar-refractivity contribution in [1.29, 1.82) is 0 Å². The second-order valence-electron chi connectivity index (χ2n) is 13.3. The molecular weight excluding hydrogens is 603 g/mol. The van der Waals surface area contributed by atoms with Crippen LogP contribution in [0.5, 0.6) is 0 Å². The summed E-state index contributed by atoms with van der Waals surface area (Å²) in [5.74, 6) is 0. The molecule has 0 saturated heterocycles. The van der Waals surface area contributed by atoms with Crippen LogP contribution in [0.4, 0.5) is 17.1 Å². The van der Waals surface area contributed by atoms with E-state index in [-0.39, 0.29) is 0 Å². The molecule has 1 aliphatic carbocycles. The van der Waals surface area contributed by atoms with E-state index in [4.69, 9.17) is 0 Å². The Morgan fingerprint density at radius 2 is 1.00 bits per heavy atom. The smallest absolute Gasteiger partial charge is 0.0540 e. The molecule has 0 amide bonds. The van der Waals surface area contributed by atoms with E-state index in [1.54, 1.807) is 0 Å². The van der Waals surface area contributed by atoms with Gasteiger partial charge in [-0.3, -0.25) is 0 Å². The van der Waals surface area contributed by atoms with Crippen molar-refractivity contribution in [2.24, 2.45) is 0 Å². The van der Waals surface area contributed by atoms with Crippen molar-refractivity contribution in [2.75, 3.05) is 4.90 Å². The minimum atomic E-state index is 0.862. The van der Waals surface area contributed by atoms with Gasteiger partial charge in [-0.2, -0.15) is 0 Å². The largest absolute Gasteiger partial charge is 0.309 e. The van der Waals surface area contributed by atoms with Crippen LogP contribution < -0.4 is 4.90 Å². The van der Waals surface area contributed by atoms with Gasteiger partial charge >= 0.3 is 0 Å². The molecule has 0 aliphatic heterocycles. The minimum absolute atomic E-state index is 0.862. The summed E-state index contributed by atoms with van der Waals surface area (Å²) in [7, 11) is 0. The molecule has 0 saturated carbocycles. The van der Waals surface area contributed by atoms with Gasteiger partial charge < -0.3 is 4.90 Å². The van der Waals surface area contributed by atoms with Crippen molar-refractivity contribution >= 4 is 27.8 Å². The molecule has 8 aromatic rings. The highest BCUT2D eigenvalue weighted by atomic mass is 15.2. The number of nitrogens with zero attached hydrogens (tertiary/aromatic N) is 1. The molecule has 0 fully saturated rings. The Kier molecular flexibility index (Phi) is 7.40. The van der Waals surface area contributed by atoms with Crippen molar-refractivity contribution < 1.29 is 0 Å². The lowest BCUT2D eigenvalue weighted by Gasteiger charge is -2.33. The van der Waals surface area contributed by atoms with Crippen LogP contribution in [0.3, 0.4) is 0 Å². The van der Waals surface area contributed by atoms with Crippen LogP contribution in [-0.2, 0) is 6.42 Å². The van der Waals surface area contributed by atoms with Crippen molar-refractivity contribution in [3.8, 4) is 44.5 Å². The molecule has 50 heavy (non-hydrogen) atoms. The Balaban J connectivity index is 1.39. The summed E-state index contributed by atoms with van der Waals surface area (Å²) in [4.78, 5) is 2.54. The molecule has 0 aromatic heterocycles. The Bertz CT molecular complexity index is 2510. The Morgan fingerprint density at radius 1 is 0.420 bits per heavy atom. The summed E-state index contributed by atoms with van der Waals surface area (Å²) < 4.78 is 0. The maximum absolute atomic E-state index is 2.54. The van der Waals surface area contributed by atoms with Gasteiger partial charge in [-0.25, -0.2) is 0 Å². The first-order chi connectivity index (χ1) is 24.7. The van der Waals surface area contributed by atoms with Gasteiger partial charge in [-0.1, -0.05) is 158 Å². The van der Waals surface area contributed by atoms with Crippen molar-refractivity contribution in [3.05, 3.63) is 198 Å². The quantitative estimate of drug-likeness (QED) is 0.175. The first-order valence-corrected chi connectivity index (χ1v) is 17.5. The van der Waals surface area contributed by atoms with Crippen LogP contribution in [0, 0.1) is 13.8 Å². The number of para-hydroxylation sites is 2. The maximum atomic E-state index is 2.54. The summed E-state index contributed by atoms with van der Waals surface area (Å²) in [6.45, 7) is 4.65. The van der Waals surface area contributed by atoms with Gasteiger partial charge in [0.15, 0.2) is 0 Å². The zero-order valence-electron chi connectivity index (χ0n) is 28.4. The van der Waals surface area contributed by atoms with Crippen molar-refractivity contribution in [2.45, 2.75) is 20.3 Å². The summed E-state index contributed by atoms with van der Waals surface area (Å²) in [5, 5.41) is 2.50. The van der Waals surface area contributed by atoms with E-state index < -0.39 is 0 Å². The number of benzene rings is 8. The second-order valence-corrected chi connectivity index (χ2v) is 13.3. The van der Waals surface area contributed by atoms with Gasteiger partial charge in [0.1, 0.15) is 0 Å². The SMILES string of the molecule is Cc1c(C)c(N(c2ccccc2)c2ccccc2-c2cccc3ccccc23)c2c(c1-c1ccccc1)-c1c(cccc1-c1ccccc1)C2. The summed E-state index contributed by atoms with van der Waals surface area (Å²) in [6, 6.07) is 64.0. The molecule has 1 nitrogen and oxygen atoms in total. The summed E-state index contributed by atoms with van der Waals surface area (Å²) >= 11 is 0. The fourth-order valence-electron chi connectivity index (χ4n) is 8.18. The number of anilines is 3. The molecule has 238 valence electrons. The van der Waals surface area contributed by atoms with Crippen molar-refractivity contribution in [1.82, 2.24) is 0 Å². The van der Waals surface area contributed by atoms with Gasteiger partial charge in [0.2, 0.25) is 0 Å². The monoisotopic (exact) mass is 639 g/mol. The molecule has 9 rings (SSSR count). The highest BCUT2D eigenvalue weighted by Gasteiger charge is 2.33. The lowest BCUT2D eigenvalue weighted by atomic mass is 9.84. The molecule has 0 unspecified atom stereocenters. The average Bonchev–Trinajstić information content (AvgIpc) is 3.57. The first-order valence-electron chi connectivity index (χ1n) is 17.5. The number of hydrogen-bond acceptors (Lipinski definition) is 1. The molecule has 0 spiro atoms. The van der Waals surface area contributed by atoms with E-state index >= 15 is 0 Å². The van der Waals surface area contributed by atoms with Crippen molar-refractivity contribution in [3.63, 3.8) is 0 Å². The summed E-state index contributed by atoms with van der Waals surface area (Å²) in [6.07, 6.45) is 0.862. The third kappa shape index (κ3) is 4.85. The van der Waals surface area contributed by atoms with E-state index in [0.717, 1.165) is 12.1 Å². The highest BCUT2D eigenvalue weighted by Crippen LogP contribution is 2.56. The molecule has 0 radical (unpaired) electrons. The van der Waals surface area contributed by atoms with E-state index in [0.29, 0.717) is 0 Å². The topological polar surface area (TPSA) is 3.24 Å². The number of fused-ring (bicyclic) bond motifs is 4. The van der Waals surface area contributed by atoms with Crippen LogP contribution >= 0.6 is 0 Å². The zero-order valence-corrected chi connectivity index (χ0v) is 28.4. The average molecular weight is 640 g/mol. The normalized spacial score (nSPS) is 11.7. The minimum Gasteiger partial charge on any atom is -0.309 e. The zero-order chi connectivity index (χ0) is 33.6. The number of rotatable bonds is 6. The molecule has 1 heteroatoms. The molecule has 0 heterocycles. The lowest BCUT2D eigenvalue weighted by Crippen LogP contribution is -2.16. The summed E-state index contributed by atoms with van der Waals surface area (Å²) in [5.41, 5.74) is 19.2. The molecule has 1 aliphatic rings. The van der Waals surface area contributed by atoms with Crippen LogP contribution in [0.2, 0.25) is 0 Å². The van der Waals surface area contributed by atoms with Gasteiger partial charge in [-0.05, 0) is 104 Å². The third-order valence-corrected chi connectivity index (χ3v) is 10.5. The molecule has 0 atom stereocenters. The van der Waals surface area contributed by atoms with Gasteiger partial charge in [0, 0.05) is 17.7 Å². The van der Waals surface area contributed by atoms with Crippen LogP contribution in [0.15, 0.2) is 176 Å². The lowest BCUT2D eigenvalue weighted by molar-refractivity contribution is 1.16. The van der Waals surface area contributed by atoms with E-state index in [2.05, 4.69) is 195 Å². The van der Waals surface area contributed by atoms with Crippen LogP contribution in [0.25, 0.3) is 55.3 Å². The predicted octanol–water partition coefficient (Wildman–Crippen LogP) is 13.5. The molecule has 0 N–H and O–H groups in total. The van der Waals surface area contributed by atoms with Crippen LogP contribution in [0.1, 0.15) is 22.3 Å². The second kappa shape index (κ2) is 12.4. The van der Waals surface area contributed by atoms with E-state index in [9.17, 15) is 0 Å². The highest BCUT2D eigenvalue weighted by molar-refractivity contribution is 6.06. The van der Waals surface area contributed by atoms with Gasteiger partial charge in [0.25, 0.3) is 0 Å².